The Hall–Kier alpha value is -0.130. The van der Waals surface area contributed by atoms with Gasteiger partial charge >= 0.3 is 0 Å². The zero-order chi connectivity index (χ0) is 10.9. The molecule has 0 saturated carbocycles. The first-order valence-electron chi connectivity index (χ1n) is 5.45. The summed E-state index contributed by atoms with van der Waals surface area (Å²) < 4.78 is 5.26. The van der Waals surface area contributed by atoms with E-state index in [-0.39, 0.29) is 5.91 Å². The van der Waals surface area contributed by atoms with Crippen LogP contribution in [0.3, 0.4) is 0 Å². The van der Waals surface area contributed by atoms with Crippen LogP contribution in [-0.2, 0) is 9.53 Å². The Bertz CT molecular complexity index is 184. The fourth-order valence-electron chi connectivity index (χ4n) is 1.53. The van der Waals surface area contributed by atoms with Crippen LogP contribution in [0.2, 0.25) is 0 Å². The second kappa shape index (κ2) is 8.07. The third-order valence-electron chi connectivity index (χ3n) is 2.40. The second-order valence-corrected chi connectivity index (χ2v) is 4.39. The summed E-state index contributed by atoms with van der Waals surface area (Å²) in [6.07, 6.45) is 1.59. The molecular weight excluding hydrogens is 260 g/mol. The summed E-state index contributed by atoms with van der Waals surface area (Å²) >= 11 is 3.24. The molecule has 0 radical (unpaired) electrons. The molecule has 1 amide bonds. The molecule has 0 bridgehead atoms. The summed E-state index contributed by atoms with van der Waals surface area (Å²) in [4.78, 5) is 13.5. The first-order chi connectivity index (χ1) is 7.33. The molecule has 1 aliphatic rings. The van der Waals surface area contributed by atoms with E-state index in [0.717, 1.165) is 51.1 Å². The lowest BCUT2D eigenvalue weighted by atomic mass is 10.3. The lowest BCUT2D eigenvalue weighted by Crippen LogP contribution is -2.38. The average molecular weight is 279 g/mol. The second-order valence-electron chi connectivity index (χ2n) is 3.60. The Morgan fingerprint density at radius 1 is 1.40 bits per heavy atom. The quantitative estimate of drug-likeness (QED) is 0.572. The monoisotopic (exact) mass is 278 g/mol. The van der Waals surface area contributed by atoms with Gasteiger partial charge in [0, 0.05) is 31.4 Å². The molecule has 88 valence electrons. The minimum absolute atomic E-state index is 0.133. The molecule has 0 aromatic rings. The van der Waals surface area contributed by atoms with Crippen molar-refractivity contribution in [1.29, 1.82) is 0 Å². The Balaban J connectivity index is 1.93. The van der Waals surface area contributed by atoms with Crippen molar-refractivity contribution in [2.45, 2.75) is 12.8 Å². The molecule has 0 spiro atoms. The van der Waals surface area contributed by atoms with E-state index in [2.05, 4.69) is 26.1 Å². The van der Waals surface area contributed by atoms with Gasteiger partial charge in [-0.1, -0.05) is 15.9 Å². The lowest BCUT2D eigenvalue weighted by molar-refractivity contribution is -0.120. The van der Waals surface area contributed by atoms with Crippen LogP contribution >= 0.6 is 15.9 Å². The highest BCUT2D eigenvalue weighted by Gasteiger charge is 2.09. The Morgan fingerprint density at radius 2 is 2.13 bits per heavy atom. The van der Waals surface area contributed by atoms with Gasteiger partial charge in [0.1, 0.15) is 0 Å². The number of carbonyl (C=O) groups excluding carboxylic acids is 1. The maximum absolute atomic E-state index is 11.1. The minimum atomic E-state index is 0.133. The summed E-state index contributed by atoms with van der Waals surface area (Å²) in [7, 11) is 0. The number of ether oxygens (including phenoxy) is 1. The summed E-state index contributed by atoms with van der Waals surface area (Å²) in [5.41, 5.74) is 0. The van der Waals surface area contributed by atoms with Crippen molar-refractivity contribution in [2.24, 2.45) is 0 Å². The van der Waals surface area contributed by atoms with Gasteiger partial charge < -0.3 is 10.1 Å². The average Bonchev–Trinajstić information content (AvgIpc) is 2.26. The van der Waals surface area contributed by atoms with E-state index in [9.17, 15) is 4.79 Å². The first-order valence-corrected chi connectivity index (χ1v) is 6.58. The third kappa shape index (κ3) is 6.12. The van der Waals surface area contributed by atoms with Gasteiger partial charge in [-0.05, 0) is 13.0 Å². The van der Waals surface area contributed by atoms with Gasteiger partial charge in [0.2, 0.25) is 5.91 Å². The van der Waals surface area contributed by atoms with E-state index in [4.69, 9.17) is 4.74 Å². The highest BCUT2D eigenvalue weighted by molar-refractivity contribution is 9.09. The molecule has 0 aromatic heterocycles. The Morgan fingerprint density at radius 3 is 2.80 bits per heavy atom. The molecule has 1 N–H and O–H groups in total. The molecule has 1 saturated heterocycles. The van der Waals surface area contributed by atoms with Crippen LogP contribution < -0.4 is 5.32 Å². The highest BCUT2D eigenvalue weighted by Crippen LogP contribution is 1.97. The molecule has 1 rings (SSSR count). The molecule has 0 aliphatic carbocycles. The van der Waals surface area contributed by atoms with Crippen molar-refractivity contribution in [3.63, 3.8) is 0 Å². The van der Waals surface area contributed by atoms with Crippen LogP contribution in [0.1, 0.15) is 12.8 Å². The van der Waals surface area contributed by atoms with Crippen LogP contribution in [0.15, 0.2) is 0 Å². The van der Waals surface area contributed by atoms with Gasteiger partial charge in [-0.25, -0.2) is 0 Å². The SMILES string of the molecule is O=C(CCBr)NCCCN1CCOCC1. The number of hydrogen-bond acceptors (Lipinski definition) is 3. The number of nitrogens with zero attached hydrogens (tertiary/aromatic N) is 1. The topological polar surface area (TPSA) is 41.6 Å². The molecular formula is C10H19BrN2O2. The molecule has 1 fully saturated rings. The summed E-state index contributed by atoms with van der Waals surface area (Å²) in [5.74, 6) is 0.133. The van der Waals surface area contributed by atoms with Crippen LogP contribution in [0, 0.1) is 0 Å². The maximum Gasteiger partial charge on any atom is 0.220 e. The number of amides is 1. The molecule has 1 heterocycles. The van der Waals surface area contributed by atoms with Crippen LogP contribution in [0.25, 0.3) is 0 Å². The third-order valence-corrected chi connectivity index (χ3v) is 2.80. The van der Waals surface area contributed by atoms with Gasteiger partial charge in [-0.2, -0.15) is 0 Å². The molecule has 0 unspecified atom stereocenters. The van der Waals surface area contributed by atoms with Crippen molar-refractivity contribution in [1.82, 2.24) is 10.2 Å². The number of hydrogen-bond donors (Lipinski definition) is 1. The largest absolute Gasteiger partial charge is 0.379 e. The Kier molecular flexibility index (Phi) is 6.96. The van der Waals surface area contributed by atoms with Crippen molar-refractivity contribution in [2.75, 3.05) is 44.7 Å². The first kappa shape index (κ1) is 12.9. The van der Waals surface area contributed by atoms with Crippen LogP contribution in [0.4, 0.5) is 0 Å². The van der Waals surface area contributed by atoms with Crippen molar-refractivity contribution >= 4 is 21.8 Å². The molecule has 5 heteroatoms. The van der Waals surface area contributed by atoms with Crippen LogP contribution in [0.5, 0.6) is 0 Å². The van der Waals surface area contributed by atoms with E-state index < -0.39 is 0 Å². The maximum atomic E-state index is 11.1. The molecule has 0 atom stereocenters. The molecule has 4 nitrogen and oxygen atoms in total. The number of morpholine rings is 1. The predicted octanol–water partition coefficient (Wildman–Crippen LogP) is 0.610. The van der Waals surface area contributed by atoms with Crippen molar-refractivity contribution in [3.05, 3.63) is 0 Å². The number of alkyl halides is 1. The number of carbonyl (C=O) groups is 1. The van der Waals surface area contributed by atoms with Gasteiger partial charge in [0.15, 0.2) is 0 Å². The Labute approximate surface area is 99.5 Å². The minimum Gasteiger partial charge on any atom is -0.379 e. The van der Waals surface area contributed by atoms with E-state index in [1.165, 1.54) is 0 Å². The zero-order valence-corrected chi connectivity index (χ0v) is 10.6. The number of rotatable bonds is 6. The van der Waals surface area contributed by atoms with Crippen LogP contribution in [-0.4, -0.2) is 55.5 Å². The predicted molar refractivity (Wildman–Crippen MR) is 63.3 cm³/mol. The normalized spacial score (nSPS) is 17.7. The highest BCUT2D eigenvalue weighted by atomic mass is 79.9. The summed E-state index contributed by atoms with van der Waals surface area (Å²) in [5, 5.41) is 3.63. The van der Waals surface area contributed by atoms with Gasteiger partial charge in [-0.3, -0.25) is 9.69 Å². The van der Waals surface area contributed by atoms with Crippen molar-refractivity contribution in [3.8, 4) is 0 Å². The van der Waals surface area contributed by atoms with Gasteiger partial charge in [0.05, 0.1) is 13.2 Å². The number of nitrogens with one attached hydrogen (secondary N) is 1. The molecule has 15 heavy (non-hydrogen) atoms. The fourth-order valence-corrected chi connectivity index (χ4v) is 1.89. The van der Waals surface area contributed by atoms with Crippen molar-refractivity contribution < 1.29 is 9.53 Å². The van der Waals surface area contributed by atoms with E-state index in [1.807, 2.05) is 0 Å². The standard InChI is InChI=1S/C10H19BrN2O2/c11-3-2-10(14)12-4-1-5-13-6-8-15-9-7-13/h1-9H2,(H,12,14). The zero-order valence-electron chi connectivity index (χ0n) is 9.01. The van der Waals surface area contributed by atoms with E-state index in [0.29, 0.717) is 6.42 Å². The fraction of sp³-hybridized carbons (Fsp3) is 0.900. The van der Waals surface area contributed by atoms with Gasteiger partial charge in [-0.15, -0.1) is 0 Å². The molecule has 1 aliphatic heterocycles. The summed E-state index contributed by atoms with van der Waals surface area (Å²) in [6.45, 7) is 5.57. The van der Waals surface area contributed by atoms with E-state index in [1.54, 1.807) is 0 Å². The smallest absolute Gasteiger partial charge is 0.220 e. The van der Waals surface area contributed by atoms with E-state index >= 15 is 0 Å². The summed E-state index contributed by atoms with van der Waals surface area (Å²) in [6, 6.07) is 0. The number of halogens is 1. The van der Waals surface area contributed by atoms with Gasteiger partial charge in [0.25, 0.3) is 0 Å². The molecule has 0 aromatic carbocycles. The lowest BCUT2D eigenvalue weighted by Gasteiger charge is -2.26.